The van der Waals surface area contributed by atoms with E-state index in [9.17, 15) is 9.59 Å². The van der Waals surface area contributed by atoms with Crippen molar-refractivity contribution < 1.29 is 14.3 Å². The molecule has 0 aliphatic heterocycles. The zero-order valence-electron chi connectivity index (χ0n) is 12.0. The van der Waals surface area contributed by atoms with E-state index in [0.717, 1.165) is 11.3 Å². The van der Waals surface area contributed by atoms with Crippen molar-refractivity contribution >= 4 is 34.0 Å². The van der Waals surface area contributed by atoms with Crippen molar-refractivity contribution in [1.82, 2.24) is 4.98 Å². The summed E-state index contributed by atoms with van der Waals surface area (Å²) in [5.74, 6) is -0.493. The van der Waals surface area contributed by atoms with Crippen LogP contribution in [0.5, 0.6) is 0 Å². The third-order valence-electron chi connectivity index (χ3n) is 2.68. The zero-order valence-corrected chi connectivity index (χ0v) is 12.8. The van der Waals surface area contributed by atoms with Crippen LogP contribution in [0.3, 0.4) is 0 Å². The third-order valence-corrected chi connectivity index (χ3v) is 3.43. The molecule has 0 fully saturated rings. The Morgan fingerprint density at radius 3 is 2.59 bits per heavy atom. The van der Waals surface area contributed by atoms with Crippen molar-refractivity contribution in [3.05, 3.63) is 29.6 Å². The van der Waals surface area contributed by atoms with Crippen LogP contribution in [-0.2, 0) is 14.3 Å². The molecule has 0 aliphatic rings. The number of anilines is 2. The van der Waals surface area contributed by atoms with E-state index in [1.807, 2.05) is 17.5 Å². The molecule has 0 spiro atoms. The molecule has 0 saturated carbocycles. The minimum Gasteiger partial charge on any atom is -0.375 e. The Labute approximate surface area is 131 Å². The number of aromatic nitrogens is 1. The van der Waals surface area contributed by atoms with Gasteiger partial charge >= 0.3 is 0 Å². The van der Waals surface area contributed by atoms with E-state index >= 15 is 0 Å². The van der Waals surface area contributed by atoms with Gasteiger partial charge in [-0.05, 0) is 12.1 Å². The van der Waals surface area contributed by atoms with Crippen LogP contribution in [-0.4, -0.2) is 37.1 Å². The smallest absolute Gasteiger partial charge is 0.250 e. The highest BCUT2D eigenvalue weighted by Crippen LogP contribution is 2.25. The van der Waals surface area contributed by atoms with Gasteiger partial charge in [0.05, 0.1) is 12.2 Å². The number of rotatable bonds is 6. The van der Waals surface area contributed by atoms with Gasteiger partial charge in [-0.1, -0.05) is 12.1 Å². The van der Waals surface area contributed by atoms with Crippen LogP contribution >= 0.6 is 11.3 Å². The summed E-state index contributed by atoms with van der Waals surface area (Å²) >= 11 is 1.32. The quantitative estimate of drug-likeness (QED) is 0.743. The van der Waals surface area contributed by atoms with Gasteiger partial charge in [-0.25, -0.2) is 4.98 Å². The van der Waals surface area contributed by atoms with E-state index in [1.165, 1.54) is 18.4 Å². The molecule has 1 heterocycles. The summed E-state index contributed by atoms with van der Waals surface area (Å²) in [6.07, 6.45) is 0. The Hall–Kier alpha value is -2.29. The van der Waals surface area contributed by atoms with Gasteiger partial charge < -0.3 is 21.1 Å². The Balaban J connectivity index is 2.04. The van der Waals surface area contributed by atoms with Crippen LogP contribution in [0, 0.1) is 0 Å². The molecule has 4 N–H and O–H groups in total. The Morgan fingerprint density at radius 2 is 1.95 bits per heavy atom. The number of nitrogens with zero attached hydrogens (tertiary/aromatic N) is 1. The molecule has 1 aromatic carbocycles. The first-order valence-electron chi connectivity index (χ1n) is 6.47. The molecule has 2 rings (SSSR count). The summed E-state index contributed by atoms with van der Waals surface area (Å²) in [7, 11) is 1.46. The maximum Gasteiger partial charge on any atom is 0.250 e. The summed E-state index contributed by atoms with van der Waals surface area (Å²) in [5, 5.41) is 7.65. The van der Waals surface area contributed by atoms with Crippen molar-refractivity contribution in [1.29, 1.82) is 0 Å². The first-order valence-corrected chi connectivity index (χ1v) is 7.35. The van der Waals surface area contributed by atoms with Gasteiger partial charge in [-0.15, -0.1) is 11.3 Å². The first kappa shape index (κ1) is 16.1. The summed E-state index contributed by atoms with van der Waals surface area (Å²) in [6, 6.07) is 7.23. The van der Waals surface area contributed by atoms with E-state index in [-0.39, 0.29) is 25.0 Å². The van der Waals surface area contributed by atoms with Crippen LogP contribution in [0.4, 0.5) is 10.8 Å². The van der Waals surface area contributed by atoms with Crippen molar-refractivity contribution in [2.24, 2.45) is 5.73 Å². The van der Waals surface area contributed by atoms with E-state index in [2.05, 4.69) is 15.6 Å². The van der Waals surface area contributed by atoms with Gasteiger partial charge in [-0.2, -0.15) is 0 Å². The van der Waals surface area contributed by atoms with E-state index in [1.54, 1.807) is 12.1 Å². The topological polar surface area (TPSA) is 106 Å². The maximum atomic E-state index is 11.4. The minimum absolute atomic E-state index is 0.0119. The molecule has 2 aromatic rings. The van der Waals surface area contributed by atoms with Crippen LogP contribution in [0.2, 0.25) is 0 Å². The summed E-state index contributed by atoms with van der Waals surface area (Å²) in [5.41, 5.74) is 7.54. The highest BCUT2D eigenvalue weighted by Gasteiger charge is 2.07. The van der Waals surface area contributed by atoms with Gasteiger partial charge in [0.15, 0.2) is 5.13 Å². The lowest BCUT2D eigenvalue weighted by atomic mass is 10.1. The van der Waals surface area contributed by atoms with Gasteiger partial charge in [0.1, 0.15) is 6.61 Å². The Morgan fingerprint density at radius 1 is 1.23 bits per heavy atom. The van der Waals surface area contributed by atoms with Crippen molar-refractivity contribution in [3.63, 3.8) is 0 Å². The lowest BCUT2D eigenvalue weighted by Crippen LogP contribution is -2.21. The molecule has 22 heavy (non-hydrogen) atoms. The number of carbonyl (C=O) groups excluding carboxylic acids is 2. The number of ether oxygens (including phenoxy) is 1. The molecule has 1 aromatic heterocycles. The number of thiazole rings is 1. The number of amides is 2. The molecular weight excluding hydrogens is 304 g/mol. The molecule has 7 nitrogen and oxygen atoms in total. The normalized spacial score (nSPS) is 10.3. The zero-order chi connectivity index (χ0) is 15.9. The maximum absolute atomic E-state index is 11.4. The average Bonchev–Trinajstić information content (AvgIpc) is 2.96. The number of nitrogens with two attached hydrogens (primary N) is 1. The van der Waals surface area contributed by atoms with E-state index in [0.29, 0.717) is 10.8 Å². The van der Waals surface area contributed by atoms with E-state index < -0.39 is 0 Å². The fourth-order valence-electron chi connectivity index (χ4n) is 1.69. The van der Waals surface area contributed by atoms with Crippen LogP contribution in [0.25, 0.3) is 11.3 Å². The molecule has 0 radical (unpaired) electrons. The number of hydrogen-bond donors (Lipinski definition) is 3. The molecule has 8 heteroatoms. The second-order valence-corrected chi connectivity index (χ2v) is 5.21. The predicted molar refractivity (Wildman–Crippen MR) is 85.7 cm³/mol. The molecular formula is C14H16N4O3S. The van der Waals surface area contributed by atoms with Crippen LogP contribution in [0.15, 0.2) is 29.6 Å². The number of nitrogens with one attached hydrogen (secondary N) is 2. The molecule has 0 atom stereocenters. The summed E-state index contributed by atoms with van der Waals surface area (Å²) in [6.45, 7) is -0.0666. The van der Waals surface area contributed by atoms with Crippen molar-refractivity contribution in [2.45, 2.75) is 0 Å². The Kier molecular flexibility index (Phi) is 5.59. The number of hydrogen-bond acceptors (Lipinski definition) is 6. The number of benzene rings is 1. The van der Waals surface area contributed by atoms with Crippen molar-refractivity contribution in [2.75, 3.05) is 30.9 Å². The van der Waals surface area contributed by atoms with Gasteiger partial charge in [-0.3, -0.25) is 9.59 Å². The molecule has 0 aliphatic carbocycles. The predicted octanol–water partition coefficient (Wildman–Crippen LogP) is 1.29. The summed E-state index contributed by atoms with van der Waals surface area (Å²) in [4.78, 5) is 26.9. The van der Waals surface area contributed by atoms with Crippen molar-refractivity contribution in [3.8, 4) is 11.3 Å². The highest BCUT2D eigenvalue weighted by atomic mass is 32.1. The highest BCUT2D eigenvalue weighted by molar-refractivity contribution is 7.14. The fourth-order valence-corrected chi connectivity index (χ4v) is 2.42. The fraction of sp³-hybridized carbons (Fsp3) is 0.214. The first-order chi connectivity index (χ1) is 10.6. The summed E-state index contributed by atoms with van der Waals surface area (Å²) < 4.78 is 4.75. The largest absolute Gasteiger partial charge is 0.375 e. The van der Waals surface area contributed by atoms with E-state index in [4.69, 9.17) is 10.5 Å². The minimum atomic E-state index is -0.280. The van der Waals surface area contributed by atoms with Gasteiger partial charge in [0, 0.05) is 23.7 Å². The SMILES string of the molecule is COCC(=O)Nc1ccc(-c2csc(NC(=O)CN)n2)cc1. The standard InChI is InChI=1S/C14H16N4O3S/c1-21-7-13(20)16-10-4-2-9(3-5-10)11-8-22-14(17-11)18-12(19)6-15/h2-5,8H,6-7,15H2,1H3,(H,16,20)(H,17,18,19). The molecule has 116 valence electrons. The van der Waals surface area contributed by atoms with Crippen LogP contribution < -0.4 is 16.4 Å². The number of methoxy groups -OCH3 is 1. The monoisotopic (exact) mass is 320 g/mol. The number of carbonyl (C=O) groups is 2. The molecule has 0 saturated heterocycles. The Bertz CT molecular complexity index is 654. The lowest BCUT2D eigenvalue weighted by Gasteiger charge is -2.05. The molecule has 0 unspecified atom stereocenters. The second kappa shape index (κ2) is 7.64. The van der Waals surface area contributed by atoms with Gasteiger partial charge in [0.25, 0.3) is 0 Å². The average molecular weight is 320 g/mol. The second-order valence-electron chi connectivity index (χ2n) is 4.35. The molecule has 2 amide bonds. The van der Waals surface area contributed by atoms with Crippen LogP contribution in [0.1, 0.15) is 0 Å². The van der Waals surface area contributed by atoms with Gasteiger partial charge in [0.2, 0.25) is 11.8 Å². The molecule has 0 bridgehead atoms. The lowest BCUT2D eigenvalue weighted by molar-refractivity contribution is -0.119. The third kappa shape index (κ3) is 4.35.